The van der Waals surface area contributed by atoms with Crippen LogP contribution in [0.2, 0.25) is 0 Å². The SMILES string of the molecule is CC(C)(CO)NC(=O)c1ccc(SCc2cccnc2)cc1. The third kappa shape index (κ3) is 4.86. The quantitative estimate of drug-likeness (QED) is 0.805. The number of nitrogens with one attached hydrogen (secondary N) is 1. The molecule has 0 unspecified atom stereocenters. The number of carbonyl (C=O) groups is 1. The van der Waals surface area contributed by atoms with Crippen molar-refractivity contribution in [1.82, 2.24) is 10.3 Å². The Labute approximate surface area is 135 Å². The summed E-state index contributed by atoms with van der Waals surface area (Å²) in [4.78, 5) is 17.3. The minimum Gasteiger partial charge on any atom is -0.394 e. The van der Waals surface area contributed by atoms with Crippen molar-refractivity contribution in [2.75, 3.05) is 6.61 Å². The molecule has 0 saturated carbocycles. The van der Waals surface area contributed by atoms with E-state index in [1.807, 2.05) is 30.5 Å². The van der Waals surface area contributed by atoms with Crippen molar-refractivity contribution in [2.24, 2.45) is 0 Å². The highest BCUT2D eigenvalue weighted by atomic mass is 32.2. The minimum atomic E-state index is -0.620. The predicted octanol–water partition coefficient (Wildman–Crippen LogP) is 2.87. The molecule has 1 heterocycles. The van der Waals surface area contributed by atoms with Crippen LogP contribution in [0.1, 0.15) is 29.8 Å². The fourth-order valence-corrected chi connectivity index (χ4v) is 2.60. The van der Waals surface area contributed by atoms with Crippen LogP contribution < -0.4 is 5.32 Å². The number of rotatable bonds is 6. The van der Waals surface area contributed by atoms with E-state index in [2.05, 4.69) is 10.3 Å². The number of thioether (sulfide) groups is 1. The highest BCUT2D eigenvalue weighted by molar-refractivity contribution is 7.98. The smallest absolute Gasteiger partial charge is 0.251 e. The summed E-state index contributed by atoms with van der Waals surface area (Å²) in [6.07, 6.45) is 3.61. The van der Waals surface area contributed by atoms with Crippen LogP contribution in [0.5, 0.6) is 0 Å². The number of hydrogen-bond acceptors (Lipinski definition) is 4. The van der Waals surface area contributed by atoms with Gasteiger partial charge < -0.3 is 10.4 Å². The molecule has 0 aliphatic rings. The average molecular weight is 316 g/mol. The van der Waals surface area contributed by atoms with Crippen molar-refractivity contribution in [3.05, 3.63) is 59.9 Å². The molecule has 1 aromatic carbocycles. The van der Waals surface area contributed by atoms with Crippen LogP contribution in [-0.2, 0) is 5.75 Å². The van der Waals surface area contributed by atoms with E-state index < -0.39 is 5.54 Å². The maximum atomic E-state index is 12.1. The summed E-state index contributed by atoms with van der Waals surface area (Å²) in [5.74, 6) is 0.666. The third-order valence-electron chi connectivity index (χ3n) is 3.09. The van der Waals surface area contributed by atoms with Crippen molar-refractivity contribution in [3.8, 4) is 0 Å². The van der Waals surface area contributed by atoms with Gasteiger partial charge in [0.1, 0.15) is 0 Å². The molecule has 4 nitrogen and oxygen atoms in total. The predicted molar refractivity (Wildman–Crippen MR) is 88.9 cm³/mol. The maximum Gasteiger partial charge on any atom is 0.251 e. The van der Waals surface area contributed by atoms with E-state index in [0.717, 1.165) is 10.6 Å². The number of aliphatic hydroxyl groups is 1. The number of hydrogen-bond donors (Lipinski definition) is 2. The van der Waals surface area contributed by atoms with Gasteiger partial charge >= 0.3 is 0 Å². The number of carbonyl (C=O) groups excluding carboxylic acids is 1. The molecule has 0 radical (unpaired) electrons. The van der Waals surface area contributed by atoms with E-state index in [0.29, 0.717) is 5.56 Å². The average Bonchev–Trinajstić information content (AvgIpc) is 2.54. The molecule has 0 aliphatic heterocycles. The van der Waals surface area contributed by atoms with Crippen LogP contribution in [0.3, 0.4) is 0 Å². The van der Waals surface area contributed by atoms with Crippen LogP contribution >= 0.6 is 11.8 Å². The van der Waals surface area contributed by atoms with Crippen LogP contribution in [0, 0.1) is 0 Å². The van der Waals surface area contributed by atoms with E-state index in [1.165, 1.54) is 5.56 Å². The molecule has 22 heavy (non-hydrogen) atoms. The van der Waals surface area contributed by atoms with Gasteiger partial charge in [-0.3, -0.25) is 9.78 Å². The molecular formula is C17H20N2O2S. The van der Waals surface area contributed by atoms with Crippen molar-refractivity contribution < 1.29 is 9.90 Å². The molecule has 0 fully saturated rings. The first-order valence-electron chi connectivity index (χ1n) is 7.05. The lowest BCUT2D eigenvalue weighted by Crippen LogP contribution is -2.46. The van der Waals surface area contributed by atoms with Gasteiger partial charge in [0.25, 0.3) is 5.91 Å². The van der Waals surface area contributed by atoms with Crippen LogP contribution in [0.15, 0.2) is 53.7 Å². The van der Waals surface area contributed by atoms with Gasteiger partial charge in [-0.25, -0.2) is 0 Å². The lowest BCUT2D eigenvalue weighted by Gasteiger charge is -2.23. The molecule has 2 N–H and O–H groups in total. The van der Waals surface area contributed by atoms with Crippen LogP contribution in [0.25, 0.3) is 0 Å². The number of aromatic nitrogens is 1. The Hall–Kier alpha value is -1.85. The zero-order valence-electron chi connectivity index (χ0n) is 12.7. The minimum absolute atomic E-state index is 0.0994. The van der Waals surface area contributed by atoms with Gasteiger partial charge in [0.2, 0.25) is 0 Å². The van der Waals surface area contributed by atoms with Gasteiger partial charge in [-0.2, -0.15) is 0 Å². The Balaban J connectivity index is 1.94. The first-order chi connectivity index (χ1) is 10.5. The highest BCUT2D eigenvalue weighted by Gasteiger charge is 2.19. The van der Waals surface area contributed by atoms with Crippen molar-refractivity contribution in [3.63, 3.8) is 0 Å². The fraction of sp³-hybridized carbons (Fsp3) is 0.294. The van der Waals surface area contributed by atoms with Crippen LogP contribution in [-0.4, -0.2) is 28.1 Å². The molecule has 116 valence electrons. The normalized spacial score (nSPS) is 11.2. The second-order valence-corrected chi connectivity index (χ2v) is 6.72. The Morgan fingerprint density at radius 3 is 2.59 bits per heavy atom. The molecule has 0 bridgehead atoms. The lowest BCUT2D eigenvalue weighted by atomic mass is 10.1. The summed E-state index contributed by atoms with van der Waals surface area (Å²) < 4.78 is 0. The fourth-order valence-electron chi connectivity index (χ4n) is 1.77. The standard InChI is InChI=1S/C17H20N2O2S/c1-17(2,12-20)19-16(21)14-5-7-15(8-6-14)22-11-13-4-3-9-18-10-13/h3-10,20H,11-12H2,1-2H3,(H,19,21). The van der Waals surface area contributed by atoms with Gasteiger partial charge in [-0.1, -0.05) is 6.07 Å². The molecule has 2 aromatic rings. The molecule has 0 spiro atoms. The van der Waals surface area contributed by atoms with E-state index in [-0.39, 0.29) is 12.5 Å². The third-order valence-corrected chi connectivity index (χ3v) is 4.18. The molecule has 5 heteroatoms. The summed E-state index contributed by atoms with van der Waals surface area (Å²) in [5.41, 5.74) is 1.14. The second kappa shape index (κ2) is 7.42. The van der Waals surface area contributed by atoms with Crippen molar-refractivity contribution >= 4 is 17.7 Å². The Kier molecular flexibility index (Phi) is 5.57. The maximum absolute atomic E-state index is 12.1. The zero-order valence-corrected chi connectivity index (χ0v) is 13.6. The first-order valence-corrected chi connectivity index (χ1v) is 8.04. The van der Waals surface area contributed by atoms with Gasteiger partial charge in [0.15, 0.2) is 0 Å². The summed E-state index contributed by atoms with van der Waals surface area (Å²) in [6.45, 7) is 3.46. The Morgan fingerprint density at radius 2 is 2.00 bits per heavy atom. The molecule has 2 rings (SSSR count). The Bertz CT molecular complexity index is 612. The summed E-state index contributed by atoms with van der Waals surface area (Å²) in [7, 11) is 0. The Morgan fingerprint density at radius 1 is 1.27 bits per heavy atom. The van der Waals surface area contributed by atoms with Crippen molar-refractivity contribution in [2.45, 2.75) is 30.0 Å². The molecule has 0 atom stereocenters. The van der Waals surface area contributed by atoms with Gasteiger partial charge in [0, 0.05) is 28.6 Å². The van der Waals surface area contributed by atoms with Crippen molar-refractivity contribution in [1.29, 1.82) is 0 Å². The van der Waals surface area contributed by atoms with Gasteiger partial charge in [-0.15, -0.1) is 11.8 Å². The molecule has 0 aliphatic carbocycles. The summed E-state index contributed by atoms with van der Waals surface area (Å²) >= 11 is 1.70. The van der Waals surface area contributed by atoms with E-state index in [9.17, 15) is 9.90 Å². The zero-order chi connectivity index (χ0) is 16.0. The summed E-state index contributed by atoms with van der Waals surface area (Å²) in [5, 5.41) is 12.0. The molecule has 1 amide bonds. The second-order valence-electron chi connectivity index (χ2n) is 5.67. The van der Waals surface area contributed by atoms with E-state index >= 15 is 0 Å². The van der Waals surface area contributed by atoms with Gasteiger partial charge in [0.05, 0.1) is 12.1 Å². The van der Waals surface area contributed by atoms with E-state index in [1.54, 1.807) is 43.9 Å². The summed E-state index contributed by atoms with van der Waals surface area (Å²) in [6, 6.07) is 11.4. The number of pyridine rings is 1. The van der Waals surface area contributed by atoms with Gasteiger partial charge in [-0.05, 0) is 49.7 Å². The molecular weight excluding hydrogens is 296 g/mol. The number of amides is 1. The topological polar surface area (TPSA) is 62.2 Å². The number of nitrogens with zero attached hydrogens (tertiary/aromatic N) is 1. The number of benzene rings is 1. The first kappa shape index (κ1) is 16.5. The number of aliphatic hydroxyl groups excluding tert-OH is 1. The largest absolute Gasteiger partial charge is 0.394 e. The lowest BCUT2D eigenvalue weighted by molar-refractivity contribution is 0.0869. The van der Waals surface area contributed by atoms with E-state index in [4.69, 9.17) is 0 Å². The monoisotopic (exact) mass is 316 g/mol. The highest BCUT2D eigenvalue weighted by Crippen LogP contribution is 2.22. The molecule has 1 aromatic heterocycles. The van der Waals surface area contributed by atoms with Crippen LogP contribution in [0.4, 0.5) is 0 Å². The molecule has 0 saturated heterocycles.